The van der Waals surface area contributed by atoms with E-state index in [9.17, 15) is 0 Å². The first-order valence-electron chi connectivity index (χ1n) is 2.55. The molecule has 0 aliphatic rings. The molecule has 0 heterocycles. The fourth-order valence-electron chi connectivity index (χ4n) is 0.301. The fourth-order valence-corrected chi connectivity index (χ4v) is 1.59. The number of hydrogen-bond donors (Lipinski definition) is 0. The summed E-state index contributed by atoms with van der Waals surface area (Å²) < 4.78 is 1.09. The van der Waals surface area contributed by atoms with Crippen LogP contribution < -0.4 is 0 Å². The quantitative estimate of drug-likeness (QED) is 0.477. The number of hydrogen-bond acceptors (Lipinski definition) is 1. The lowest BCUT2D eigenvalue weighted by atomic mass is 10.4. The van der Waals surface area contributed by atoms with Gasteiger partial charge >= 0.3 is 0 Å². The van der Waals surface area contributed by atoms with Crippen molar-refractivity contribution in [2.45, 2.75) is 19.8 Å². The molecule has 0 fully saturated rings. The van der Waals surface area contributed by atoms with Gasteiger partial charge in [-0.2, -0.15) is 11.8 Å². The average Bonchev–Trinajstić information content (AvgIpc) is 1.69. The molecule has 2 heteroatoms. The van der Waals surface area contributed by atoms with E-state index in [4.69, 9.17) is 0 Å². The SMILES string of the molecule is CCCCSCBr. The fraction of sp³-hybridized carbons (Fsp3) is 1.00. The van der Waals surface area contributed by atoms with Gasteiger partial charge in [0.05, 0.1) is 0 Å². The molecule has 0 aromatic rings. The third-order valence-corrected chi connectivity index (χ3v) is 2.42. The molecular formula is C5H11BrS. The normalized spacial score (nSPS) is 9.43. The minimum absolute atomic E-state index is 1.09. The highest BCUT2D eigenvalue weighted by molar-refractivity contribution is 9.11. The zero-order valence-electron chi connectivity index (χ0n) is 4.61. The molecule has 0 bridgehead atoms. The van der Waals surface area contributed by atoms with Crippen molar-refractivity contribution in [1.29, 1.82) is 0 Å². The molecule has 0 aromatic heterocycles. The Morgan fingerprint density at radius 3 is 2.71 bits per heavy atom. The van der Waals surface area contributed by atoms with Crippen molar-refractivity contribution in [2.24, 2.45) is 0 Å². The van der Waals surface area contributed by atoms with Crippen molar-refractivity contribution in [3.63, 3.8) is 0 Å². The maximum absolute atomic E-state index is 3.34. The van der Waals surface area contributed by atoms with Gasteiger partial charge in [0.2, 0.25) is 0 Å². The topological polar surface area (TPSA) is 0 Å². The van der Waals surface area contributed by atoms with E-state index in [2.05, 4.69) is 22.9 Å². The second kappa shape index (κ2) is 6.83. The number of halogens is 1. The van der Waals surface area contributed by atoms with Crippen LogP contribution in [0.4, 0.5) is 0 Å². The van der Waals surface area contributed by atoms with Crippen LogP contribution in [0.5, 0.6) is 0 Å². The van der Waals surface area contributed by atoms with Crippen LogP contribution in [0.25, 0.3) is 0 Å². The van der Waals surface area contributed by atoms with E-state index in [0.29, 0.717) is 0 Å². The largest absolute Gasteiger partial charge is 0.150 e. The van der Waals surface area contributed by atoms with Gasteiger partial charge in [0.1, 0.15) is 0 Å². The number of rotatable bonds is 4. The van der Waals surface area contributed by atoms with Crippen LogP contribution in [0.2, 0.25) is 0 Å². The Kier molecular flexibility index (Phi) is 7.64. The molecule has 0 saturated heterocycles. The lowest BCUT2D eigenvalue weighted by Gasteiger charge is -1.90. The van der Waals surface area contributed by atoms with Crippen molar-refractivity contribution in [2.75, 3.05) is 10.4 Å². The van der Waals surface area contributed by atoms with Gasteiger partial charge < -0.3 is 0 Å². The second-order valence-corrected chi connectivity index (χ2v) is 3.78. The van der Waals surface area contributed by atoms with E-state index < -0.39 is 0 Å². The maximum Gasteiger partial charge on any atom is 0.0490 e. The molecule has 0 nitrogen and oxygen atoms in total. The maximum atomic E-state index is 3.34. The van der Waals surface area contributed by atoms with Gasteiger partial charge in [0.25, 0.3) is 0 Å². The van der Waals surface area contributed by atoms with E-state index in [1.165, 1.54) is 18.6 Å². The third-order valence-electron chi connectivity index (χ3n) is 0.719. The molecule has 0 amide bonds. The van der Waals surface area contributed by atoms with Gasteiger partial charge in [0.15, 0.2) is 0 Å². The first-order chi connectivity index (χ1) is 3.41. The summed E-state index contributed by atoms with van der Waals surface area (Å²) in [6.45, 7) is 2.22. The summed E-state index contributed by atoms with van der Waals surface area (Å²) in [7, 11) is 0. The van der Waals surface area contributed by atoms with Crippen LogP contribution in [0.1, 0.15) is 19.8 Å². The van der Waals surface area contributed by atoms with E-state index in [-0.39, 0.29) is 0 Å². The first kappa shape index (κ1) is 7.83. The molecule has 7 heavy (non-hydrogen) atoms. The molecule has 0 radical (unpaired) electrons. The van der Waals surface area contributed by atoms with Crippen LogP contribution in [-0.4, -0.2) is 10.4 Å². The molecule has 0 aliphatic heterocycles. The molecular weight excluding hydrogens is 172 g/mol. The summed E-state index contributed by atoms with van der Waals surface area (Å²) in [5.74, 6) is 1.31. The first-order valence-corrected chi connectivity index (χ1v) is 4.83. The summed E-state index contributed by atoms with van der Waals surface area (Å²) in [5.41, 5.74) is 0. The standard InChI is InChI=1S/C5H11BrS/c1-2-3-4-7-5-6/h2-5H2,1H3. The van der Waals surface area contributed by atoms with Gasteiger partial charge in [-0.05, 0) is 12.2 Å². The number of thioether (sulfide) groups is 1. The molecule has 0 spiro atoms. The Balaban J connectivity index is 2.45. The number of alkyl halides is 1. The van der Waals surface area contributed by atoms with E-state index in [0.717, 1.165) is 4.66 Å². The summed E-state index contributed by atoms with van der Waals surface area (Å²) >= 11 is 5.29. The summed E-state index contributed by atoms with van der Waals surface area (Å²) in [6, 6.07) is 0. The smallest absolute Gasteiger partial charge is 0.0490 e. The van der Waals surface area contributed by atoms with Crippen LogP contribution in [0.15, 0.2) is 0 Å². The van der Waals surface area contributed by atoms with Crippen molar-refractivity contribution >= 4 is 27.7 Å². The minimum Gasteiger partial charge on any atom is -0.150 e. The van der Waals surface area contributed by atoms with Crippen molar-refractivity contribution in [3.8, 4) is 0 Å². The lowest BCUT2D eigenvalue weighted by Crippen LogP contribution is -1.74. The molecule has 0 unspecified atom stereocenters. The van der Waals surface area contributed by atoms with Crippen molar-refractivity contribution in [1.82, 2.24) is 0 Å². The average molecular weight is 183 g/mol. The van der Waals surface area contributed by atoms with Crippen LogP contribution in [-0.2, 0) is 0 Å². The highest BCUT2D eigenvalue weighted by Crippen LogP contribution is 2.06. The predicted octanol–water partition coefficient (Wildman–Crippen LogP) is 2.87. The van der Waals surface area contributed by atoms with E-state index in [1.807, 2.05) is 11.8 Å². The zero-order chi connectivity index (χ0) is 5.54. The van der Waals surface area contributed by atoms with Crippen molar-refractivity contribution in [3.05, 3.63) is 0 Å². The van der Waals surface area contributed by atoms with E-state index >= 15 is 0 Å². The zero-order valence-corrected chi connectivity index (χ0v) is 7.02. The molecule has 0 saturated carbocycles. The van der Waals surface area contributed by atoms with Crippen molar-refractivity contribution < 1.29 is 0 Å². The molecule has 0 atom stereocenters. The monoisotopic (exact) mass is 182 g/mol. The molecule has 0 rings (SSSR count). The summed E-state index contributed by atoms with van der Waals surface area (Å²) in [5, 5.41) is 0. The Morgan fingerprint density at radius 2 is 2.29 bits per heavy atom. The van der Waals surface area contributed by atoms with Gasteiger partial charge in [-0.15, -0.1) is 0 Å². The van der Waals surface area contributed by atoms with E-state index in [1.54, 1.807) is 0 Å². The third kappa shape index (κ3) is 6.83. The Morgan fingerprint density at radius 1 is 1.57 bits per heavy atom. The Hall–Kier alpha value is 0.830. The Labute approximate surface area is 58.2 Å². The molecule has 0 aliphatic carbocycles. The molecule has 0 N–H and O–H groups in total. The molecule has 0 aromatic carbocycles. The Bertz CT molecular complexity index is 27.3. The minimum atomic E-state index is 1.09. The number of unbranched alkanes of at least 4 members (excludes halogenated alkanes) is 1. The van der Waals surface area contributed by atoms with Gasteiger partial charge in [-0.3, -0.25) is 0 Å². The lowest BCUT2D eigenvalue weighted by molar-refractivity contribution is 0.897. The highest BCUT2D eigenvalue weighted by Gasteiger charge is 1.80. The van der Waals surface area contributed by atoms with Crippen LogP contribution >= 0.6 is 27.7 Å². The summed E-state index contributed by atoms with van der Waals surface area (Å²) in [4.78, 5) is 0. The second-order valence-electron chi connectivity index (χ2n) is 1.37. The highest BCUT2D eigenvalue weighted by atomic mass is 79.9. The van der Waals surface area contributed by atoms with Crippen LogP contribution in [0.3, 0.4) is 0 Å². The van der Waals surface area contributed by atoms with Gasteiger partial charge in [0, 0.05) is 4.66 Å². The van der Waals surface area contributed by atoms with Gasteiger partial charge in [-0.25, -0.2) is 0 Å². The predicted molar refractivity (Wildman–Crippen MR) is 41.2 cm³/mol. The summed E-state index contributed by atoms with van der Waals surface area (Å²) in [6.07, 6.45) is 2.68. The van der Waals surface area contributed by atoms with Crippen LogP contribution in [0, 0.1) is 0 Å². The van der Waals surface area contributed by atoms with Gasteiger partial charge in [-0.1, -0.05) is 29.3 Å². The molecule has 44 valence electrons.